The van der Waals surface area contributed by atoms with Gasteiger partial charge in [-0.1, -0.05) is 11.6 Å². The number of hydrogen-bond acceptors (Lipinski definition) is 8. The van der Waals surface area contributed by atoms with E-state index in [9.17, 15) is 18.8 Å². The van der Waals surface area contributed by atoms with E-state index in [2.05, 4.69) is 6.07 Å². The van der Waals surface area contributed by atoms with Crippen molar-refractivity contribution in [2.45, 2.75) is 12.3 Å². The van der Waals surface area contributed by atoms with Crippen LogP contribution in [0.3, 0.4) is 0 Å². The molecule has 2 heterocycles. The Balaban J connectivity index is 1.98. The Labute approximate surface area is 190 Å². The van der Waals surface area contributed by atoms with Crippen LogP contribution in [-0.4, -0.2) is 33.5 Å². The number of nitrogens with two attached hydrogens (primary N) is 1. The van der Waals surface area contributed by atoms with Crippen LogP contribution in [-0.2, 0) is 9.84 Å². The van der Waals surface area contributed by atoms with Crippen LogP contribution in [0.25, 0.3) is 0 Å². The molecule has 4 rings (SSSR count). The molecule has 2 aliphatic rings. The van der Waals surface area contributed by atoms with Crippen LogP contribution < -0.4 is 20.1 Å². The second-order valence-corrected chi connectivity index (χ2v) is 9.80. The zero-order valence-corrected chi connectivity index (χ0v) is 18.9. The van der Waals surface area contributed by atoms with Crippen molar-refractivity contribution >= 4 is 27.1 Å². The second-order valence-electron chi connectivity index (χ2n) is 7.31. The molecule has 0 radical (unpaired) electrons. The van der Waals surface area contributed by atoms with Crippen LogP contribution in [0.15, 0.2) is 58.4 Å². The fourth-order valence-corrected chi connectivity index (χ4v) is 6.21. The number of sulfone groups is 1. The number of phenols is 1. The summed E-state index contributed by atoms with van der Waals surface area (Å²) in [5, 5.41) is 20.1. The number of nitriles is 1. The van der Waals surface area contributed by atoms with E-state index in [1.165, 1.54) is 19.2 Å². The van der Waals surface area contributed by atoms with Crippen molar-refractivity contribution < 1.29 is 23.0 Å². The third-order valence-corrected chi connectivity index (χ3v) is 7.79. The maximum absolute atomic E-state index is 13.1. The number of halogens is 1. The fraction of sp³-hybridized carbons (Fsp3) is 0.227. The average molecular weight is 474 g/mol. The van der Waals surface area contributed by atoms with Gasteiger partial charge in [-0.25, -0.2) is 8.42 Å². The Morgan fingerprint density at radius 2 is 1.91 bits per heavy atom. The minimum Gasteiger partial charge on any atom is -0.503 e. The monoisotopic (exact) mass is 473 g/mol. The van der Waals surface area contributed by atoms with E-state index >= 15 is 0 Å². The maximum Gasteiger partial charge on any atom is 0.177 e. The zero-order valence-electron chi connectivity index (χ0n) is 17.3. The Morgan fingerprint density at radius 3 is 2.50 bits per heavy atom. The largest absolute Gasteiger partial charge is 0.503 e. The molecule has 0 bridgehead atoms. The molecule has 1 unspecified atom stereocenters. The molecule has 0 spiro atoms. The van der Waals surface area contributed by atoms with E-state index < -0.39 is 15.8 Å². The lowest BCUT2D eigenvalue weighted by Gasteiger charge is -2.35. The molecule has 166 valence electrons. The first kappa shape index (κ1) is 21.9. The van der Waals surface area contributed by atoms with Gasteiger partial charge in [0.05, 0.1) is 47.5 Å². The highest BCUT2D eigenvalue weighted by atomic mass is 35.5. The molecule has 0 aromatic heterocycles. The van der Waals surface area contributed by atoms with Gasteiger partial charge in [-0.05, 0) is 42.0 Å². The summed E-state index contributed by atoms with van der Waals surface area (Å²) in [5.41, 5.74) is 8.02. The molecule has 0 saturated heterocycles. The highest BCUT2D eigenvalue weighted by Crippen LogP contribution is 2.50. The van der Waals surface area contributed by atoms with E-state index in [4.69, 9.17) is 26.8 Å². The molecule has 0 fully saturated rings. The summed E-state index contributed by atoms with van der Waals surface area (Å²) in [6.45, 7) is 0. The number of phenolic OH excluding ortho intramolecular Hbond substituents is 1. The summed E-state index contributed by atoms with van der Waals surface area (Å²) in [6.07, 6.45) is 0.239. The van der Waals surface area contributed by atoms with Crippen LogP contribution in [0.5, 0.6) is 17.2 Å². The number of anilines is 1. The highest BCUT2D eigenvalue weighted by molar-refractivity contribution is 7.95. The summed E-state index contributed by atoms with van der Waals surface area (Å²) >= 11 is 6.16. The van der Waals surface area contributed by atoms with Gasteiger partial charge in [0, 0.05) is 17.8 Å². The topological polar surface area (TPSA) is 126 Å². The number of hydrogen-bond donors (Lipinski definition) is 2. The van der Waals surface area contributed by atoms with Gasteiger partial charge in [-0.2, -0.15) is 5.26 Å². The fourth-order valence-electron chi connectivity index (χ4n) is 4.14. The molecule has 1 atom stereocenters. The van der Waals surface area contributed by atoms with E-state index in [0.29, 0.717) is 22.7 Å². The van der Waals surface area contributed by atoms with Crippen molar-refractivity contribution in [1.82, 2.24) is 0 Å². The lowest BCUT2D eigenvalue weighted by Crippen LogP contribution is -2.34. The molecule has 2 aromatic rings. The number of rotatable bonds is 4. The molecule has 0 amide bonds. The van der Waals surface area contributed by atoms with E-state index in [-0.39, 0.29) is 45.0 Å². The molecule has 10 heteroatoms. The van der Waals surface area contributed by atoms with Gasteiger partial charge in [0.1, 0.15) is 11.6 Å². The van der Waals surface area contributed by atoms with Gasteiger partial charge in [0.15, 0.2) is 21.3 Å². The summed E-state index contributed by atoms with van der Waals surface area (Å²) in [6, 6.07) is 11.9. The quantitative estimate of drug-likeness (QED) is 0.692. The molecule has 8 nitrogen and oxygen atoms in total. The lowest BCUT2D eigenvalue weighted by molar-refractivity contribution is 0.373. The molecule has 32 heavy (non-hydrogen) atoms. The Kier molecular flexibility index (Phi) is 5.44. The van der Waals surface area contributed by atoms with Gasteiger partial charge in [-0.15, -0.1) is 0 Å². The standard InChI is InChI=1S/C22H20ClN3O5S/c1-30-14-5-3-13(4-6-14)26-17-7-8-32(28,29)21(17)19(15(11-24)22(26)25)12-9-16(23)20(27)18(10-12)31-2/h3-6,9-10,19,27H,7-8,25H2,1-2H3. The molecule has 2 aliphatic heterocycles. The van der Waals surface area contributed by atoms with Crippen molar-refractivity contribution in [1.29, 1.82) is 5.26 Å². The molecule has 0 saturated carbocycles. The third-order valence-electron chi connectivity index (χ3n) is 5.62. The van der Waals surface area contributed by atoms with Crippen molar-refractivity contribution in [3.05, 3.63) is 69.0 Å². The number of aromatic hydroxyl groups is 1. The van der Waals surface area contributed by atoms with Gasteiger partial charge in [-0.3, -0.25) is 4.90 Å². The molecular weight excluding hydrogens is 454 g/mol. The Morgan fingerprint density at radius 1 is 1.22 bits per heavy atom. The summed E-state index contributed by atoms with van der Waals surface area (Å²) in [4.78, 5) is 1.70. The van der Waals surface area contributed by atoms with Crippen LogP contribution in [0, 0.1) is 11.3 Å². The molecule has 3 N–H and O–H groups in total. The summed E-state index contributed by atoms with van der Waals surface area (Å²) in [5.74, 6) is -0.516. The average Bonchev–Trinajstić information content (AvgIpc) is 3.09. The van der Waals surface area contributed by atoms with E-state index in [0.717, 1.165) is 0 Å². The minimum absolute atomic E-state index is 0.0228. The third kappa shape index (κ3) is 3.32. The number of allylic oxidation sites excluding steroid dienone is 3. The van der Waals surface area contributed by atoms with Crippen molar-refractivity contribution in [3.8, 4) is 23.3 Å². The normalized spacial score (nSPS) is 19.6. The first-order chi connectivity index (χ1) is 15.2. The van der Waals surface area contributed by atoms with Gasteiger partial charge in [0.25, 0.3) is 0 Å². The van der Waals surface area contributed by atoms with Gasteiger partial charge >= 0.3 is 0 Å². The first-order valence-electron chi connectivity index (χ1n) is 9.59. The number of ether oxygens (including phenoxy) is 2. The first-order valence-corrected chi connectivity index (χ1v) is 11.6. The predicted octanol–water partition coefficient (Wildman–Crippen LogP) is 3.39. The van der Waals surface area contributed by atoms with Gasteiger partial charge < -0.3 is 20.3 Å². The zero-order chi connectivity index (χ0) is 23.2. The number of methoxy groups -OCH3 is 2. The Hall–Kier alpha value is -3.35. The molecular formula is C22H20ClN3O5S. The van der Waals surface area contributed by atoms with E-state index in [1.54, 1.807) is 36.3 Å². The van der Waals surface area contributed by atoms with Gasteiger partial charge in [0.2, 0.25) is 0 Å². The predicted molar refractivity (Wildman–Crippen MR) is 120 cm³/mol. The highest BCUT2D eigenvalue weighted by Gasteiger charge is 2.45. The maximum atomic E-state index is 13.1. The van der Waals surface area contributed by atoms with E-state index in [1.807, 2.05) is 0 Å². The minimum atomic E-state index is -3.68. The van der Waals surface area contributed by atoms with Crippen molar-refractivity contribution in [2.24, 2.45) is 5.73 Å². The van der Waals surface area contributed by atoms with Crippen LogP contribution >= 0.6 is 11.6 Å². The van der Waals surface area contributed by atoms with Crippen LogP contribution in [0.1, 0.15) is 17.9 Å². The SMILES string of the molecule is COc1ccc(N2C(N)=C(C#N)C(c3cc(Cl)c(O)c(OC)c3)C3=C2CCS3(=O)=O)cc1. The number of nitrogens with zero attached hydrogens (tertiary/aromatic N) is 2. The second kappa shape index (κ2) is 7.97. The van der Waals surface area contributed by atoms with Crippen molar-refractivity contribution in [3.63, 3.8) is 0 Å². The lowest BCUT2D eigenvalue weighted by atomic mass is 9.86. The molecule has 0 aliphatic carbocycles. The van der Waals surface area contributed by atoms with Crippen LogP contribution in [0.2, 0.25) is 5.02 Å². The molecule has 2 aromatic carbocycles. The smallest absolute Gasteiger partial charge is 0.177 e. The summed E-state index contributed by atoms with van der Waals surface area (Å²) in [7, 11) is -0.781. The van der Waals surface area contributed by atoms with Crippen molar-refractivity contribution in [2.75, 3.05) is 24.9 Å². The summed E-state index contributed by atoms with van der Waals surface area (Å²) < 4.78 is 36.7. The Bertz CT molecular complexity index is 1310. The number of benzene rings is 2. The van der Waals surface area contributed by atoms with Crippen LogP contribution in [0.4, 0.5) is 5.69 Å².